The lowest BCUT2D eigenvalue weighted by molar-refractivity contribution is 0.266. The Labute approximate surface area is 159 Å². The Morgan fingerprint density at radius 1 is 1.00 bits per heavy atom. The molecule has 0 saturated carbocycles. The molecule has 2 N–H and O–H groups in total. The Balaban J connectivity index is 1.38. The molecule has 1 aliphatic rings. The van der Waals surface area contributed by atoms with Crippen LogP contribution in [0.3, 0.4) is 0 Å². The van der Waals surface area contributed by atoms with E-state index in [0.29, 0.717) is 11.7 Å². The number of rotatable bonds is 5. The predicted octanol–water partition coefficient (Wildman–Crippen LogP) is 3.44. The van der Waals surface area contributed by atoms with Crippen molar-refractivity contribution in [3.63, 3.8) is 0 Å². The van der Waals surface area contributed by atoms with Crippen LogP contribution in [0.15, 0.2) is 59.7 Å². The minimum Gasteiger partial charge on any atom is -0.357 e. The van der Waals surface area contributed by atoms with E-state index in [1.807, 2.05) is 6.07 Å². The summed E-state index contributed by atoms with van der Waals surface area (Å²) in [7, 11) is 0. The zero-order valence-electron chi connectivity index (χ0n) is 14.6. The highest BCUT2D eigenvalue weighted by atomic mass is 32.1. The first-order valence-corrected chi connectivity index (χ1v) is 9.20. The van der Waals surface area contributed by atoms with Gasteiger partial charge in [0.25, 0.3) is 0 Å². The third-order valence-corrected chi connectivity index (χ3v) is 4.60. The normalized spacial score (nSPS) is 14.7. The van der Waals surface area contributed by atoms with Crippen LogP contribution in [0.4, 0.5) is 4.39 Å². The molecule has 0 aliphatic carbocycles. The molecule has 1 fully saturated rings. The van der Waals surface area contributed by atoms with Crippen molar-refractivity contribution in [2.45, 2.75) is 25.9 Å². The van der Waals surface area contributed by atoms with Gasteiger partial charge in [-0.2, -0.15) is 5.10 Å². The van der Waals surface area contributed by atoms with Crippen LogP contribution in [-0.2, 0) is 13.1 Å². The molecule has 6 heteroatoms. The molecular formula is C20H23FN4S. The number of hydrogen-bond donors (Lipinski definition) is 2. The zero-order chi connectivity index (χ0) is 18.2. The van der Waals surface area contributed by atoms with E-state index in [2.05, 4.69) is 45.0 Å². The fourth-order valence-corrected chi connectivity index (χ4v) is 2.99. The van der Waals surface area contributed by atoms with Gasteiger partial charge in [-0.1, -0.05) is 42.5 Å². The molecule has 1 heterocycles. The van der Waals surface area contributed by atoms with Gasteiger partial charge in [0.05, 0.1) is 0 Å². The predicted molar refractivity (Wildman–Crippen MR) is 107 cm³/mol. The molecular weight excluding hydrogens is 347 g/mol. The van der Waals surface area contributed by atoms with E-state index in [9.17, 15) is 4.39 Å². The maximum absolute atomic E-state index is 12.9. The number of hydrazone groups is 1. The first kappa shape index (κ1) is 18.5. The van der Waals surface area contributed by atoms with Gasteiger partial charge in [0.15, 0.2) is 5.11 Å². The van der Waals surface area contributed by atoms with E-state index in [-0.39, 0.29) is 5.82 Å². The maximum atomic E-state index is 12.9. The van der Waals surface area contributed by atoms with Crippen LogP contribution >= 0.6 is 12.2 Å². The Hall–Kier alpha value is -2.31. The monoisotopic (exact) mass is 370 g/mol. The van der Waals surface area contributed by atoms with Crippen LogP contribution in [0.5, 0.6) is 0 Å². The van der Waals surface area contributed by atoms with Crippen LogP contribution in [0.2, 0.25) is 0 Å². The van der Waals surface area contributed by atoms with Crippen LogP contribution in [0.25, 0.3) is 0 Å². The van der Waals surface area contributed by atoms with Crippen molar-refractivity contribution in [2.75, 3.05) is 13.1 Å². The molecule has 2 aromatic carbocycles. The summed E-state index contributed by atoms with van der Waals surface area (Å²) in [4.78, 5) is 2.44. The highest BCUT2D eigenvalue weighted by molar-refractivity contribution is 7.80. The van der Waals surface area contributed by atoms with E-state index in [1.165, 1.54) is 17.7 Å². The molecule has 26 heavy (non-hydrogen) atoms. The topological polar surface area (TPSA) is 39.7 Å². The molecule has 3 rings (SSSR count). The Morgan fingerprint density at radius 3 is 2.38 bits per heavy atom. The van der Waals surface area contributed by atoms with Crippen molar-refractivity contribution in [3.8, 4) is 0 Å². The van der Waals surface area contributed by atoms with Gasteiger partial charge in [-0.05, 0) is 35.5 Å². The number of thiocarbonyl (C=S) groups is 1. The fourth-order valence-electron chi connectivity index (χ4n) is 2.88. The van der Waals surface area contributed by atoms with Crippen molar-refractivity contribution in [1.29, 1.82) is 0 Å². The second-order valence-corrected chi connectivity index (χ2v) is 6.77. The molecule has 1 aliphatic heterocycles. The summed E-state index contributed by atoms with van der Waals surface area (Å²) in [6.07, 6.45) is 1.89. The lowest BCUT2D eigenvalue weighted by Crippen LogP contribution is -2.36. The number of hydrogen-bond acceptors (Lipinski definition) is 3. The summed E-state index contributed by atoms with van der Waals surface area (Å²) in [6, 6.07) is 16.9. The molecule has 2 aromatic rings. The van der Waals surface area contributed by atoms with Gasteiger partial charge in [-0.3, -0.25) is 10.3 Å². The molecule has 4 nitrogen and oxygen atoms in total. The van der Waals surface area contributed by atoms with E-state index in [4.69, 9.17) is 12.2 Å². The second kappa shape index (κ2) is 9.40. The smallest absolute Gasteiger partial charge is 0.187 e. The SMILES string of the molecule is Fc1ccc(CNC(=S)NN=C2CCN(Cc3ccccc3)CC2)cc1. The molecule has 1 saturated heterocycles. The standard InChI is InChI=1S/C20H23FN4S/c21-18-8-6-16(7-9-18)14-22-20(26)24-23-19-10-12-25(13-11-19)15-17-4-2-1-3-5-17/h1-9H,10-15H2,(H2,22,24,26). The van der Waals surface area contributed by atoms with Gasteiger partial charge in [0, 0.05) is 44.7 Å². The number of nitrogens with one attached hydrogen (secondary N) is 2. The van der Waals surface area contributed by atoms with Gasteiger partial charge in [0.1, 0.15) is 5.82 Å². The minimum absolute atomic E-state index is 0.237. The summed E-state index contributed by atoms with van der Waals surface area (Å²) in [6.45, 7) is 3.54. The van der Waals surface area contributed by atoms with E-state index >= 15 is 0 Å². The van der Waals surface area contributed by atoms with Crippen molar-refractivity contribution < 1.29 is 4.39 Å². The van der Waals surface area contributed by atoms with Crippen molar-refractivity contribution in [3.05, 3.63) is 71.5 Å². The number of benzene rings is 2. The lowest BCUT2D eigenvalue weighted by Gasteiger charge is -2.27. The number of piperidine rings is 1. The number of likely N-dealkylation sites (tertiary alicyclic amines) is 1. The summed E-state index contributed by atoms with van der Waals surface area (Å²) < 4.78 is 12.9. The van der Waals surface area contributed by atoms with E-state index in [0.717, 1.165) is 43.8 Å². The molecule has 0 radical (unpaired) electrons. The fraction of sp³-hybridized carbons (Fsp3) is 0.300. The first-order valence-electron chi connectivity index (χ1n) is 8.79. The van der Waals surface area contributed by atoms with Gasteiger partial charge in [-0.25, -0.2) is 4.39 Å². The van der Waals surface area contributed by atoms with Crippen LogP contribution in [0, 0.1) is 5.82 Å². The Morgan fingerprint density at radius 2 is 1.69 bits per heavy atom. The summed E-state index contributed by atoms with van der Waals surface area (Å²) in [5.41, 5.74) is 6.37. The van der Waals surface area contributed by atoms with E-state index < -0.39 is 0 Å². The van der Waals surface area contributed by atoms with E-state index in [1.54, 1.807) is 12.1 Å². The van der Waals surface area contributed by atoms with Crippen molar-refractivity contribution >= 4 is 23.0 Å². The van der Waals surface area contributed by atoms with Gasteiger partial charge >= 0.3 is 0 Å². The number of nitrogens with zero attached hydrogens (tertiary/aromatic N) is 2. The minimum atomic E-state index is -0.237. The second-order valence-electron chi connectivity index (χ2n) is 6.36. The highest BCUT2D eigenvalue weighted by Crippen LogP contribution is 2.11. The van der Waals surface area contributed by atoms with Gasteiger partial charge in [-0.15, -0.1) is 0 Å². The van der Waals surface area contributed by atoms with Gasteiger partial charge in [0.2, 0.25) is 0 Å². The highest BCUT2D eigenvalue weighted by Gasteiger charge is 2.15. The lowest BCUT2D eigenvalue weighted by atomic mass is 10.1. The zero-order valence-corrected chi connectivity index (χ0v) is 15.4. The third-order valence-electron chi connectivity index (χ3n) is 4.36. The van der Waals surface area contributed by atoms with Crippen LogP contribution < -0.4 is 10.7 Å². The Kier molecular flexibility index (Phi) is 6.68. The quantitative estimate of drug-likeness (QED) is 0.625. The molecule has 0 bridgehead atoms. The molecule has 0 spiro atoms. The summed E-state index contributed by atoms with van der Waals surface area (Å²) >= 11 is 5.24. The number of halogens is 1. The van der Waals surface area contributed by atoms with Crippen molar-refractivity contribution in [2.24, 2.45) is 5.10 Å². The molecule has 0 amide bonds. The summed E-state index contributed by atoms with van der Waals surface area (Å²) in [5, 5.41) is 7.99. The Bertz CT molecular complexity index is 736. The maximum Gasteiger partial charge on any atom is 0.187 e. The third kappa shape index (κ3) is 5.89. The molecule has 0 atom stereocenters. The van der Waals surface area contributed by atoms with Gasteiger partial charge < -0.3 is 5.32 Å². The molecule has 0 aromatic heterocycles. The molecule has 136 valence electrons. The average Bonchev–Trinajstić information content (AvgIpc) is 2.68. The van der Waals surface area contributed by atoms with Crippen LogP contribution in [0.1, 0.15) is 24.0 Å². The molecule has 0 unspecified atom stereocenters. The summed E-state index contributed by atoms with van der Waals surface area (Å²) in [5.74, 6) is -0.237. The largest absolute Gasteiger partial charge is 0.357 e. The average molecular weight is 370 g/mol. The van der Waals surface area contributed by atoms with Crippen LogP contribution in [-0.4, -0.2) is 28.8 Å². The first-order chi connectivity index (χ1) is 12.7. The van der Waals surface area contributed by atoms with Crippen molar-refractivity contribution in [1.82, 2.24) is 15.6 Å².